The van der Waals surface area contributed by atoms with Crippen LogP contribution in [0.25, 0.3) is 0 Å². The van der Waals surface area contributed by atoms with Crippen LogP contribution in [0, 0.1) is 0 Å². The second-order valence-corrected chi connectivity index (χ2v) is 6.69. The topological polar surface area (TPSA) is 63.7 Å². The first-order valence-electron chi connectivity index (χ1n) is 6.04. The standard InChI is InChI=1S/C11H21NO4S/c1-3-4-6-16-8-11(13)12-5-7-17(14,15)9-10(12)2/h10H,3-9H2,1-2H3/t10-/m0/s1. The fourth-order valence-electron chi connectivity index (χ4n) is 1.86. The van der Waals surface area contributed by atoms with Gasteiger partial charge < -0.3 is 9.64 Å². The maximum Gasteiger partial charge on any atom is 0.248 e. The first-order chi connectivity index (χ1) is 7.96. The van der Waals surface area contributed by atoms with E-state index in [0.717, 1.165) is 12.8 Å². The number of nitrogens with zero attached hydrogens (tertiary/aromatic N) is 1. The van der Waals surface area contributed by atoms with Crippen LogP contribution < -0.4 is 0 Å². The van der Waals surface area contributed by atoms with Gasteiger partial charge in [-0.05, 0) is 13.3 Å². The second kappa shape index (κ2) is 6.35. The molecule has 6 heteroatoms. The van der Waals surface area contributed by atoms with Crippen molar-refractivity contribution in [3.05, 3.63) is 0 Å². The molecule has 100 valence electrons. The van der Waals surface area contributed by atoms with E-state index in [1.807, 2.05) is 0 Å². The highest BCUT2D eigenvalue weighted by Gasteiger charge is 2.30. The summed E-state index contributed by atoms with van der Waals surface area (Å²) in [5.41, 5.74) is 0. The largest absolute Gasteiger partial charge is 0.372 e. The van der Waals surface area contributed by atoms with E-state index in [1.165, 1.54) is 0 Å². The second-order valence-electron chi connectivity index (χ2n) is 4.46. The van der Waals surface area contributed by atoms with Gasteiger partial charge in [0.05, 0.1) is 11.5 Å². The fraction of sp³-hybridized carbons (Fsp3) is 0.909. The normalized spacial score (nSPS) is 23.6. The summed E-state index contributed by atoms with van der Waals surface area (Å²) in [6.45, 7) is 4.76. The van der Waals surface area contributed by atoms with Crippen LogP contribution in [0.1, 0.15) is 26.7 Å². The van der Waals surface area contributed by atoms with Crippen LogP contribution in [0.4, 0.5) is 0 Å². The summed E-state index contributed by atoms with van der Waals surface area (Å²) in [6.07, 6.45) is 1.98. The Kier molecular flexibility index (Phi) is 5.39. The molecule has 1 aliphatic rings. The Morgan fingerprint density at radius 3 is 2.76 bits per heavy atom. The van der Waals surface area contributed by atoms with Crippen molar-refractivity contribution < 1.29 is 17.9 Å². The van der Waals surface area contributed by atoms with Crippen molar-refractivity contribution >= 4 is 15.7 Å². The summed E-state index contributed by atoms with van der Waals surface area (Å²) in [4.78, 5) is 13.4. The summed E-state index contributed by atoms with van der Waals surface area (Å²) < 4.78 is 28.0. The molecular formula is C11H21NO4S. The molecule has 1 rings (SSSR count). The lowest BCUT2D eigenvalue weighted by molar-refractivity contribution is -0.137. The van der Waals surface area contributed by atoms with Crippen molar-refractivity contribution in [3.63, 3.8) is 0 Å². The predicted molar refractivity (Wildman–Crippen MR) is 65.6 cm³/mol. The van der Waals surface area contributed by atoms with Gasteiger partial charge in [-0.15, -0.1) is 0 Å². The van der Waals surface area contributed by atoms with E-state index in [0.29, 0.717) is 13.2 Å². The maximum absolute atomic E-state index is 11.8. The zero-order valence-corrected chi connectivity index (χ0v) is 11.3. The van der Waals surface area contributed by atoms with Gasteiger partial charge in [0.1, 0.15) is 6.61 Å². The first kappa shape index (κ1) is 14.4. The summed E-state index contributed by atoms with van der Waals surface area (Å²) >= 11 is 0. The zero-order valence-electron chi connectivity index (χ0n) is 10.5. The first-order valence-corrected chi connectivity index (χ1v) is 7.86. The molecule has 0 aromatic carbocycles. The number of hydrogen-bond acceptors (Lipinski definition) is 4. The molecule has 1 atom stereocenters. The number of unbranched alkanes of at least 4 members (excludes halogenated alkanes) is 1. The molecule has 0 aliphatic carbocycles. The zero-order chi connectivity index (χ0) is 12.9. The fourth-order valence-corrected chi connectivity index (χ4v) is 3.41. The van der Waals surface area contributed by atoms with Crippen molar-refractivity contribution in [2.24, 2.45) is 0 Å². The third-order valence-corrected chi connectivity index (χ3v) is 4.65. The molecule has 0 bridgehead atoms. The minimum atomic E-state index is -2.96. The minimum absolute atomic E-state index is 0.0599. The van der Waals surface area contributed by atoms with Crippen LogP contribution >= 0.6 is 0 Å². The predicted octanol–water partition coefficient (Wildman–Crippen LogP) is 0.449. The van der Waals surface area contributed by atoms with Gasteiger partial charge in [0.15, 0.2) is 9.84 Å². The third kappa shape index (κ3) is 4.63. The van der Waals surface area contributed by atoms with Crippen LogP contribution in [0.2, 0.25) is 0 Å². The van der Waals surface area contributed by atoms with Gasteiger partial charge in [-0.3, -0.25) is 4.79 Å². The summed E-state index contributed by atoms with van der Waals surface area (Å²) in [5.74, 6) is 0.0228. The van der Waals surface area contributed by atoms with Crippen molar-refractivity contribution in [1.29, 1.82) is 0 Å². The molecule has 0 aromatic heterocycles. The lowest BCUT2D eigenvalue weighted by Crippen LogP contribution is -2.50. The molecule has 1 saturated heterocycles. The van der Waals surface area contributed by atoms with Crippen LogP contribution in [0.15, 0.2) is 0 Å². The minimum Gasteiger partial charge on any atom is -0.372 e. The molecule has 5 nitrogen and oxygen atoms in total. The molecular weight excluding hydrogens is 242 g/mol. The highest BCUT2D eigenvalue weighted by molar-refractivity contribution is 7.91. The molecule has 0 aromatic rings. The Morgan fingerprint density at radius 2 is 2.18 bits per heavy atom. The average Bonchev–Trinajstić information content (AvgIpc) is 2.23. The van der Waals surface area contributed by atoms with E-state index in [-0.39, 0.29) is 30.1 Å². The van der Waals surface area contributed by atoms with Gasteiger partial charge in [0, 0.05) is 19.2 Å². The smallest absolute Gasteiger partial charge is 0.248 e. The molecule has 17 heavy (non-hydrogen) atoms. The summed E-state index contributed by atoms with van der Waals surface area (Å²) in [6, 6.07) is -0.240. The molecule has 1 amide bonds. The number of amides is 1. The highest BCUT2D eigenvalue weighted by Crippen LogP contribution is 2.11. The van der Waals surface area contributed by atoms with Crippen molar-refractivity contribution in [2.45, 2.75) is 32.7 Å². The van der Waals surface area contributed by atoms with E-state index in [4.69, 9.17) is 4.74 Å². The van der Waals surface area contributed by atoms with Gasteiger partial charge in [0.2, 0.25) is 5.91 Å². The Bertz CT molecular complexity index is 352. The van der Waals surface area contributed by atoms with Crippen LogP contribution in [0.5, 0.6) is 0 Å². The highest BCUT2D eigenvalue weighted by atomic mass is 32.2. The molecule has 1 heterocycles. The van der Waals surface area contributed by atoms with Crippen LogP contribution in [-0.2, 0) is 19.4 Å². The maximum atomic E-state index is 11.8. The lowest BCUT2D eigenvalue weighted by Gasteiger charge is -2.33. The molecule has 1 fully saturated rings. The van der Waals surface area contributed by atoms with Crippen LogP contribution in [-0.4, -0.2) is 56.5 Å². The average molecular weight is 263 g/mol. The summed E-state index contributed by atoms with van der Waals surface area (Å²) in [5, 5.41) is 0. The number of ether oxygens (including phenoxy) is 1. The molecule has 0 unspecified atom stereocenters. The van der Waals surface area contributed by atoms with E-state index < -0.39 is 9.84 Å². The van der Waals surface area contributed by atoms with E-state index in [9.17, 15) is 13.2 Å². The van der Waals surface area contributed by atoms with Gasteiger partial charge in [-0.2, -0.15) is 0 Å². The summed E-state index contributed by atoms with van der Waals surface area (Å²) in [7, 11) is -2.96. The molecule has 1 aliphatic heterocycles. The van der Waals surface area contributed by atoms with Gasteiger partial charge in [0.25, 0.3) is 0 Å². The monoisotopic (exact) mass is 263 g/mol. The van der Waals surface area contributed by atoms with Gasteiger partial charge >= 0.3 is 0 Å². The quantitative estimate of drug-likeness (QED) is 0.676. The third-order valence-electron chi connectivity index (χ3n) is 2.86. The van der Waals surface area contributed by atoms with E-state index in [2.05, 4.69) is 6.92 Å². The molecule has 0 spiro atoms. The number of carbonyl (C=O) groups excluding carboxylic acids is 1. The SMILES string of the molecule is CCCCOCC(=O)N1CCS(=O)(=O)C[C@@H]1C. The van der Waals surface area contributed by atoms with Gasteiger partial charge in [-0.1, -0.05) is 13.3 Å². The Hall–Kier alpha value is -0.620. The Labute approximate surface area is 103 Å². The van der Waals surface area contributed by atoms with E-state index >= 15 is 0 Å². The Balaban J connectivity index is 2.37. The van der Waals surface area contributed by atoms with E-state index in [1.54, 1.807) is 11.8 Å². The van der Waals surface area contributed by atoms with Gasteiger partial charge in [-0.25, -0.2) is 8.42 Å². The lowest BCUT2D eigenvalue weighted by atomic mass is 10.3. The number of sulfone groups is 1. The Morgan fingerprint density at radius 1 is 1.47 bits per heavy atom. The number of carbonyl (C=O) groups is 1. The molecule has 0 radical (unpaired) electrons. The van der Waals surface area contributed by atoms with Crippen molar-refractivity contribution in [1.82, 2.24) is 4.90 Å². The number of hydrogen-bond donors (Lipinski definition) is 0. The molecule has 0 N–H and O–H groups in total. The molecule has 0 saturated carbocycles. The van der Waals surface area contributed by atoms with Crippen molar-refractivity contribution in [3.8, 4) is 0 Å². The van der Waals surface area contributed by atoms with Crippen molar-refractivity contribution in [2.75, 3.05) is 31.3 Å². The number of rotatable bonds is 5. The van der Waals surface area contributed by atoms with Crippen LogP contribution in [0.3, 0.4) is 0 Å².